The number of carbonyl (C=O) groups excluding carboxylic acids is 1. The molecule has 2 aliphatic rings. The van der Waals surface area contributed by atoms with Crippen molar-refractivity contribution in [2.75, 3.05) is 39.4 Å². The molecule has 2 aliphatic heterocycles. The lowest BCUT2D eigenvalue weighted by molar-refractivity contribution is -0.136. The second-order valence-corrected chi connectivity index (χ2v) is 5.49. The van der Waals surface area contributed by atoms with Gasteiger partial charge in [0.1, 0.15) is 0 Å². The number of hydrogen-bond donors (Lipinski definition) is 0. The van der Waals surface area contributed by atoms with E-state index in [1.807, 2.05) is 17.9 Å². The third kappa shape index (κ3) is 2.86. The predicted octanol–water partition coefficient (Wildman–Crippen LogP) is 0.979. The van der Waals surface area contributed by atoms with Crippen LogP contribution >= 0.6 is 0 Å². The summed E-state index contributed by atoms with van der Waals surface area (Å²) in [5.41, 5.74) is 0.895. The molecule has 0 bridgehead atoms. The molecule has 1 aromatic rings. The van der Waals surface area contributed by atoms with E-state index >= 15 is 0 Å². The molecular formula is C14H21N3O3. The van der Waals surface area contributed by atoms with E-state index in [9.17, 15) is 4.79 Å². The summed E-state index contributed by atoms with van der Waals surface area (Å²) < 4.78 is 10.7. The van der Waals surface area contributed by atoms with Gasteiger partial charge in [0.05, 0.1) is 31.5 Å². The van der Waals surface area contributed by atoms with Gasteiger partial charge in [0.15, 0.2) is 5.76 Å². The second-order valence-electron chi connectivity index (χ2n) is 5.49. The Balaban J connectivity index is 1.62. The van der Waals surface area contributed by atoms with E-state index in [2.05, 4.69) is 10.1 Å². The highest BCUT2D eigenvalue weighted by Crippen LogP contribution is 2.31. The predicted molar refractivity (Wildman–Crippen MR) is 72.2 cm³/mol. The fourth-order valence-corrected chi connectivity index (χ4v) is 2.96. The Morgan fingerprint density at radius 1 is 1.40 bits per heavy atom. The van der Waals surface area contributed by atoms with Gasteiger partial charge in [0, 0.05) is 19.2 Å². The summed E-state index contributed by atoms with van der Waals surface area (Å²) in [7, 11) is 0. The molecule has 0 saturated carbocycles. The van der Waals surface area contributed by atoms with Crippen molar-refractivity contribution in [2.45, 2.75) is 25.8 Å². The van der Waals surface area contributed by atoms with Gasteiger partial charge in [-0.25, -0.2) is 0 Å². The van der Waals surface area contributed by atoms with Crippen molar-refractivity contribution in [3.05, 3.63) is 17.5 Å². The average molecular weight is 279 g/mol. The highest BCUT2D eigenvalue weighted by atomic mass is 16.5. The molecule has 2 fully saturated rings. The van der Waals surface area contributed by atoms with E-state index in [4.69, 9.17) is 9.26 Å². The van der Waals surface area contributed by atoms with Crippen LogP contribution in [-0.2, 0) is 9.53 Å². The van der Waals surface area contributed by atoms with Crippen LogP contribution in [0.25, 0.3) is 0 Å². The quantitative estimate of drug-likeness (QED) is 0.825. The lowest BCUT2D eigenvalue weighted by Gasteiger charge is -2.30. The molecule has 1 aromatic heterocycles. The molecular weight excluding hydrogens is 258 g/mol. The lowest BCUT2D eigenvalue weighted by atomic mass is 10.1. The van der Waals surface area contributed by atoms with E-state index in [0.717, 1.165) is 30.8 Å². The molecule has 2 saturated heterocycles. The second kappa shape index (κ2) is 5.93. The normalized spacial score (nSPS) is 24.2. The minimum absolute atomic E-state index is 0.191. The minimum atomic E-state index is 0.191. The number of ether oxygens (including phenoxy) is 1. The molecule has 0 aromatic carbocycles. The van der Waals surface area contributed by atoms with Crippen LogP contribution in [-0.4, -0.2) is 60.3 Å². The molecule has 6 nitrogen and oxygen atoms in total. The first kappa shape index (κ1) is 13.6. The fraction of sp³-hybridized carbons (Fsp3) is 0.714. The molecule has 0 radical (unpaired) electrons. The first-order chi connectivity index (χ1) is 9.74. The van der Waals surface area contributed by atoms with Crippen molar-refractivity contribution < 1.29 is 14.1 Å². The largest absolute Gasteiger partial charge is 0.378 e. The van der Waals surface area contributed by atoms with Gasteiger partial charge in [-0.2, -0.15) is 0 Å². The molecule has 0 N–H and O–H groups in total. The number of morpholine rings is 1. The van der Waals surface area contributed by atoms with Crippen LogP contribution in [0, 0.1) is 6.92 Å². The van der Waals surface area contributed by atoms with E-state index in [1.54, 1.807) is 0 Å². The SMILES string of the molecule is Cc1cc(C2CCCN2CC(=O)N2CCOCC2)on1. The molecule has 0 spiro atoms. The maximum Gasteiger partial charge on any atom is 0.236 e. The van der Waals surface area contributed by atoms with Crippen molar-refractivity contribution in [1.29, 1.82) is 0 Å². The number of rotatable bonds is 3. The van der Waals surface area contributed by atoms with Gasteiger partial charge < -0.3 is 14.2 Å². The first-order valence-corrected chi connectivity index (χ1v) is 7.27. The summed E-state index contributed by atoms with van der Waals surface area (Å²) in [6, 6.07) is 2.17. The van der Waals surface area contributed by atoms with E-state index in [1.165, 1.54) is 0 Å². The van der Waals surface area contributed by atoms with E-state index in [-0.39, 0.29) is 11.9 Å². The molecule has 1 atom stereocenters. The molecule has 110 valence electrons. The monoisotopic (exact) mass is 279 g/mol. The lowest BCUT2D eigenvalue weighted by Crippen LogP contribution is -2.45. The minimum Gasteiger partial charge on any atom is -0.378 e. The summed E-state index contributed by atoms with van der Waals surface area (Å²) in [6.45, 7) is 6.04. The number of carbonyl (C=O) groups is 1. The Labute approximate surface area is 118 Å². The first-order valence-electron chi connectivity index (χ1n) is 7.27. The van der Waals surface area contributed by atoms with Gasteiger partial charge in [-0.3, -0.25) is 9.69 Å². The van der Waals surface area contributed by atoms with Gasteiger partial charge in [-0.1, -0.05) is 5.16 Å². The molecule has 3 rings (SSSR count). The summed E-state index contributed by atoms with van der Waals surface area (Å²) >= 11 is 0. The van der Waals surface area contributed by atoms with Gasteiger partial charge in [-0.05, 0) is 26.3 Å². The Hall–Kier alpha value is -1.40. The van der Waals surface area contributed by atoms with Crippen LogP contribution in [0.2, 0.25) is 0 Å². The Morgan fingerprint density at radius 3 is 2.90 bits per heavy atom. The molecule has 1 amide bonds. The average Bonchev–Trinajstić information content (AvgIpc) is 3.08. The maximum absolute atomic E-state index is 12.3. The zero-order valence-electron chi connectivity index (χ0n) is 11.9. The Bertz CT molecular complexity index is 468. The third-order valence-corrected chi connectivity index (χ3v) is 4.04. The molecule has 0 aliphatic carbocycles. The van der Waals surface area contributed by atoms with Crippen LogP contribution in [0.1, 0.15) is 30.3 Å². The number of nitrogens with zero attached hydrogens (tertiary/aromatic N) is 3. The number of aromatic nitrogens is 1. The molecule has 1 unspecified atom stereocenters. The smallest absolute Gasteiger partial charge is 0.236 e. The van der Waals surface area contributed by atoms with Crippen molar-refractivity contribution in [1.82, 2.24) is 15.0 Å². The molecule has 3 heterocycles. The maximum atomic E-state index is 12.3. The van der Waals surface area contributed by atoms with Crippen molar-refractivity contribution in [3.63, 3.8) is 0 Å². The van der Waals surface area contributed by atoms with Crippen molar-refractivity contribution >= 4 is 5.91 Å². The van der Waals surface area contributed by atoms with Gasteiger partial charge in [0.25, 0.3) is 0 Å². The summed E-state index contributed by atoms with van der Waals surface area (Å²) in [5.74, 6) is 1.08. The van der Waals surface area contributed by atoms with Crippen LogP contribution in [0.5, 0.6) is 0 Å². The number of likely N-dealkylation sites (tertiary alicyclic amines) is 1. The van der Waals surface area contributed by atoms with Crippen LogP contribution in [0.3, 0.4) is 0 Å². The highest BCUT2D eigenvalue weighted by molar-refractivity contribution is 5.78. The van der Waals surface area contributed by atoms with Crippen molar-refractivity contribution in [3.8, 4) is 0 Å². The summed E-state index contributed by atoms with van der Waals surface area (Å²) in [6.07, 6.45) is 2.13. The number of amides is 1. The highest BCUT2D eigenvalue weighted by Gasteiger charge is 2.31. The van der Waals surface area contributed by atoms with Crippen molar-refractivity contribution in [2.24, 2.45) is 0 Å². The zero-order valence-corrected chi connectivity index (χ0v) is 11.9. The number of aryl methyl sites for hydroxylation is 1. The zero-order chi connectivity index (χ0) is 13.9. The van der Waals surface area contributed by atoms with Crippen LogP contribution in [0.15, 0.2) is 10.6 Å². The third-order valence-electron chi connectivity index (χ3n) is 4.04. The van der Waals surface area contributed by atoms with Gasteiger partial charge in [-0.15, -0.1) is 0 Å². The molecule has 6 heteroatoms. The summed E-state index contributed by atoms with van der Waals surface area (Å²) in [4.78, 5) is 16.4. The fourth-order valence-electron chi connectivity index (χ4n) is 2.96. The standard InChI is InChI=1S/C14H21N3O3/c1-11-9-13(20-15-11)12-3-2-4-17(12)10-14(18)16-5-7-19-8-6-16/h9,12H,2-8,10H2,1H3. The number of hydrogen-bond acceptors (Lipinski definition) is 5. The van der Waals surface area contributed by atoms with Gasteiger partial charge in [0.2, 0.25) is 5.91 Å². The Kier molecular flexibility index (Phi) is 4.03. The van der Waals surface area contributed by atoms with Crippen LogP contribution < -0.4 is 0 Å². The van der Waals surface area contributed by atoms with E-state index < -0.39 is 0 Å². The topological polar surface area (TPSA) is 58.8 Å². The summed E-state index contributed by atoms with van der Waals surface area (Å²) in [5, 5.41) is 3.95. The Morgan fingerprint density at radius 2 is 2.20 bits per heavy atom. The van der Waals surface area contributed by atoms with E-state index in [0.29, 0.717) is 32.8 Å². The molecule has 20 heavy (non-hydrogen) atoms. The van der Waals surface area contributed by atoms with Gasteiger partial charge >= 0.3 is 0 Å². The van der Waals surface area contributed by atoms with Crippen LogP contribution in [0.4, 0.5) is 0 Å².